The first-order chi connectivity index (χ1) is 12.2. The van der Waals surface area contributed by atoms with E-state index in [1.807, 2.05) is 6.92 Å². The molecule has 3 nitrogen and oxygen atoms in total. The Labute approximate surface area is 154 Å². The molecule has 138 valence electrons. The van der Waals surface area contributed by atoms with Gasteiger partial charge in [-0.1, -0.05) is 31.0 Å². The number of methoxy groups -OCH3 is 1. The van der Waals surface area contributed by atoms with Crippen molar-refractivity contribution in [3.8, 4) is 5.75 Å². The van der Waals surface area contributed by atoms with Gasteiger partial charge in [0.1, 0.15) is 11.2 Å². The smallest absolute Gasteiger partial charge is 0.416 e. The summed E-state index contributed by atoms with van der Waals surface area (Å²) in [5, 5.41) is 3.04. The van der Waals surface area contributed by atoms with Gasteiger partial charge in [-0.3, -0.25) is 4.79 Å². The summed E-state index contributed by atoms with van der Waals surface area (Å²) in [7, 11) is 1.48. The molecule has 1 heterocycles. The van der Waals surface area contributed by atoms with Crippen molar-refractivity contribution in [1.29, 1.82) is 0 Å². The molecule has 0 fully saturated rings. The Morgan fingerprint density at radius 2 is 1.88 bits per heavy atom. The lowest BCUT2D eigenvalue weighted by Crippen LogP contribution is -2.36. The average Bonchev–Trinajstić information content (AvgIpc) is 2.86. The molecule has 7 heteroatoms. The second-order valence-electron chi connectivity index (χ2n) is 6.21. The minimum absolute atomic E-state index is 0.167. The maximum atomic E-state index is 13.0. The van der Waals surface area contributed by atoms with E-state index in [0.717, 1.165) is 12.1 Å². The standard InChI is InChI=1S/C19H17ClF3NO2/c1-3-8-18(14-10-12(20)5-7-16(14)26-2)13-6-4-11(19(21,22)23)9-15(13)24-17(18)25/h4-7,9-10H,3,8H2,1-2H3,(H,24,25)/t18-/m1/s1. The normalized spacial score (nSPS) is 19.2. The number of rotatable bonds is 4. The number of halogens is 4. The van der Waals surface area contributed by atoms with Crippen molar-refractivity contribution in [3.05, 3.63) is 58.1 Å². The molecule has 0 aliphatic carbocycles. The van der Waals surface area contributed by atoms with Gasteiger partial charge in [0.15, 0.2) is 0 Å². The van der Waals surface area contributed by atoms with Crippen LogP contribution < -0.4 is 10.1 Å². The fourth-order valence-electron chi connectivity index (χ4n) is 3.59. The van der Waals surface area contributed by atoms with E-state index in [1.165, 1.54) is 13.2 Å². The molecule has 0 aromatic heterocycles. The van der Waals surface area contributed by atoms with E-state index >= 15 is 0 Å². The van der Waals surface area contributed by atoms with E-state index in [9.17, 15) is 18.0 Å². The zero-order valence-electron chi connectivity index (χ0n) is 14.2. The lowest BCUT2D eigenvalue weighted by molar-refractivity contribution is -0.137. The van der Waals surface area contributed by atoms with Gasteiger partial charge in [-0.05, 0) is 42.3 Å². The number of alkyl halides is 3. The second kappa shape index (κ2) is 6.50. The number of benzene rings is 2. The summed E-state index contributed by atoms with van der Waals surface area (Å²) in [6, 6.07) is 8.28. The first-order valence-corrected chi connectivity index (χ1v) is 8.49. The number of hydrogen-bond donors (Lipinski definition) is 1. The molecule has 26 heavy (non-hydrogen) atoms. The van der Waals surface area contributed by atoms with Crippen molar-refractivity contribution in [2.75, 3.05) is 12.4 Å². The molecule has 0 radical (unpaired) electrons. The van der Waals surface area contributed by atoms with Crippen molar-refractivity contribution in [2.45, 2.75) is 31.4 Å². The average molecular weight is 384 g/mol. The van der Waals surface area contributed by atoms with Crippen LogP contribution in [-0.2, 0) is 16.4 Å². The molecule has 2 aromatic rings. The second-order valence-corrected chi connectivity index (χ2v) is 6.65. The number of nitrogens with one attached hydrogen (secondary N) is 1. The van der Waals surface area contributed by atoms with Gasteiger partial charge in [0.25, 0.3) is 0 Å². The first kappa shape index (κ1) is 18.6. The molecule has 0 spiro atoms. The number of anilines is 1. The van der Waals surface area contributed by atoms with E-state index in [2.05, 4.69) is 5.32 Å². The van der Waals surface area contributed by atoms with Gasteiger partial charge in [-0.25, -0.2) is 0 Å². The topological polar surface area (TPSA) is 38.3 Å². The molecule has 0 unspecified atom stereocenters. The van der Waals surface area contributed by atoms with Crippen LogP contribution >= 0.6 is 11.6 Å². The molecule has 0 bridgehead atoms. The minimum atomic E-state index is -4.48. The van der Waals surface area contributed by atoms with Crippen LogP contribution in [0.25, 0.3) is 0 Å². The highest BCUT2D eigenvalue weighted by Crippen LogP contribution is 2.50. The van der Waals surface area contributed by atoms with E-state index in [0.29, 0.717) is 34.7 Å². The predicted molar refractivity (Wildman–Crippen MR) is 93.8 cm³/mol. The van der Waals surface area contributed by atoms with Crippen molar-refractivity contribution < 1.29 is 22.7 Å². The van der Waals surface area contributed by atoms with Crippen molar-refractivity contribution in [2.24, 2.45) is 0 Å². The maximum absolute atomic E-state index is 13.0. The lowest BCUT2D eigenvalue weighted by Gasteiger charge is -2.29. The molecule has 3 rings (SSSR count). The monoisotopic (exact) mass is 383 g/mol. The summed E-state index contributed by atoms with van der Waals surface area (Å²) in [5.41, 5.74) is -0.741. The number of fused-ring (bicyclic) bond motifs is 1. The molecule has 1 amide bonds. The number of amides is 1. The maximum Gasteiger partial charge on any atom is 0.416 e. The van der Waals surface area contributed by atoms with Crippen molar-refractivity contribution in [3.63, 3.8) is 0 Å². The minimum Gasteiger partial charge on any atom is -0.496 e. The third kappa shape index (κ3) is 2.82. The highest BCUT2D eigenvalue weighted by atomic mass is 35.5. The van der Waals surface area contributed by atoms with Crippen molar-refractivity contribution >= 4 is 23.2 Å². The fourth-order valence-corrected chi connectivity index (χ4v) is 3.76. The Hall–Kier alpha value is -2.21. The molecule has 1 aliphatic rings. The zero-order chi connectivity index (χ0) is 19.1. The number of hydrogen-bond acceptors (Lipinski definition) is 2. The summed E-state index contributed by atoms with van der Waals surface area (Å²) in [6.07, 6.45) is -3.43. The van der Waals surface area contributed by atoms with Crippen molar-refractivity contribution in [1.82, 2.24) is 0 Å². The van der Waals surface area contributed by atoms with Crippen LogP contribution in [0.15, 0.2) is 36.4 Å². The molecule has 2 aromatic carbocycles. The summed E-state index contributed by atoms with van der Waals surface area (Å²) in [4.78, 5) is 13.0. The van der Waals surface area contributed by atoms with Gasteiger partial charge >= 0.3 is 6.18 Å². The zero-order valence-corrected chi connectivity index (χ0v) is 15.0. The molecule has 0 saturated heterocycles. The first-order valence-electron chi connectivity index (χ1n) is 8.11. The Bertz CT molecular complexity index is 866. The number of carbonyl (C=O) groups is 1. The van der Waals surface area contributed by atoms with Gasteiger partial charge in [0.2, 0.25) is 5.91 Å². The number of carbonyl (C=O) groups excluding carboxylic acids is 1. The van der Waals surface area contributed by atoms with Crippen LogP contribution in [0.4, 0.5) is 18.9 Å². The Kier molecular flexibility index (Phi) is 4.65. The van der Waals surface area contributed by atoms with Crippen LogP contribution in [0, 0.1) is 0 Å². The third-order valence-electron chi connectivity index (χ3n) is 4.69. The third-order valence-corrected chi connectivity index (χ3v) is 4.92. The Morgan fingerprint density at radius 3 is 2.50 bits per heavy atom. The highest BCUT2D eigenvalue weighted by molar-refractivity contribution is 6.30. The fraction of sp³-hybridized carbons (Fsp3) is 0.316. The van der Waals surface area contributed by atoms with Gasteiger partial charge in [0, 0.05) is 16.3 Å². The van der Waals surface area contributed by atoms with E-state index in [1.54, 1.807) is 18.2 Å². The van der Waals surface area contributed by atoms with Crippen LogP contribution in [0.5, 0.6) is 5.75 Å². The molecular formula is C19H17ClF3NO2. The van der Waals surface area contributed by atoms with Crippen LogP contribution in [-0.4, -0.2) is 13.0 Å². The lowest BCUT2D eigenvalue weighted by atomic mass is 9.71. The van der Waals surface area contributed by atoms with Crippen LogP contribution in [0.3, 0.4) is 0 Å². The quantitative estimate of drug-likeness (QED) is 0.767. The van der Waals surface area contributed by atoms with Gasteiger partial charge in [-0.15, -0.1) is 0 Å². The molecular weight excluding hydrogens is 367 g/mol. The Balaban J connectivity index is 2.27. The van der Waals surface area contributed by atoms with E-state index in [4.69, 9.17) is 16.3 Å². The van der Waals surface area contributed by atoms with Gasteiger partial charge in [-0.2, -0.15) is 13.2 Å². The van der Waals surface area contributed by atoms with E-state index in [-0.39, 0.29) is 11.6 Å². The van der Waals surface area contributed by atoms with E-state index < -0.39 is 17.2 Å². The van der Waals surface area contributed by atoms with Crippen LogP contribution in [0.2, 0.25) is 5.02 Å². The summed E-state index contributed by atoms with van der Waals surface area (Å²) in [6.45, 7) is 1.91. The summed E-state index contributed by atoms with van der Waals surface area (Å²) in [5.74, 6) is 0.0833. The largest absolute Gasteiger partial charge is 0.496 e. The summed E-state index contributed by atoms with van der Waals surface area (Å²) >= 11 is 6.14. The molecule has 1 aliphatic heterocycles. The molecule has 0 saturated carbocycles. The number of ether oxygens (including phenoxy) is 1. The predicted octanol–water partition coefficient (Wildman–Crippen LogP) is 5.41. The SMILES string of the molecule is CCC[C@@]1(c2cc(Cl)ccc2OC)C(=O)Nc2cc(C(F)(F)F)ccc21. The van der Waals surface area contributed by atoms with Gasteiger partial charge < -0.3 is 10.1 Å². The molecule has 1 atom stereocenters. The van der Waals surface area contributed by atoms with Gasteiger partial charge in [0.05, 0.1) is 12.7 Å². The molecule has 1 N–H and O–H groups in total. The summed E-state index contributed by atoms with van der Waals surface area (Å²) < 4.78 is 44.5. The highest BCUT2D eigenvalue weighted by Gasteiger charge is 2.49. The van der Waals surface area contributed by atoms with Crippen LogP contribution in [0.1, 0.15) is 36.5 Å². The Morgan fingerprint density at radius 1 is 1.15 bits per heavy atom.